The smallest absolute Gasteiger partial charge is 0.0143 e. The van der Waals surface area contributed by atoms with Crippen LogP contribution < -0.4 is 0 Å². The van der Waals surface area contributed by atoms with Crippen molar-refractivity contribution < 1.29 is 0 Å². The highest BCUT2D eigenvalue weighted by molar-refractivity contribution is 6.03. The minimum Gasteiger partial charge on any atom is -0.0616 e. The van der Waals surface area contributed by atoms with E-state index in [0.717, 1.165) is 0 Å². The largest absolute Gasteiger partial charge is 0.0616 e. The Bertz CT molecular complexity index is 904. The molecule has 154 valence electrons. The molecule has 0 unspecified atom stereocenters. The summed E-state index contributed by atoms with van der Waals surface area (Å²) in [6.45, 7) is 0. The Hall–Kier alpha value is -1.82. The number of rotatable bonds is 0. The van der Waals surface area contributed by atoms with Crippen LogP contribution >= 0.6 is 0 Å². The average molecular weight is 387 g/mol. The molecule has 0 saturated carbocycles. The van der Waals surface area contributed by atoms with Gasteiger partial charge in [-0.05, 0) is 64.4 Å². The highest BCUT2D eigenvalue weighted by Crippen LogP contribution is 2.32. The summed E-state index contributed by atoms with van der Waals surface area (Å²) in [6, 6.07) is 18.6. The Morgan fingerprint density at radius 3 is 1.66 bits per heavy atom. The van der Waals surface area contributed by atoms with Gasteiger partial charge < -0.3 is 0 Å². The second kappa shape index (κ2) is 10.8. The van der Waals surface area contributed by atoms with E-state index in [0.29, 0.717) is 0 Å². The molecular weight excluding hydrogens is 348 g/mol. The SMILES string of the molecule is c1ccc2c3c4cccc(c4cc2c1)CCCCCCCCCCCCCCC3. The van der Waals surface area contributed by atoms with Gasteiger partial charge in [-0.15, -0.1) is 0 Å². The van der Waals surface area contributed by atoms with Gasteiger partial charge in [0.2, 0.25) is 0 Å². The van der Waals surface area contributed by atoms with Crippen molar-refractivity contribution in [3.63, 3.8) is 0 Å². The van der Waals surface area contributed by atoms with E-state index >= 15 is 0 Å². The summed E-state index contributed by atoms with van der Waals surface area (Å²) in [5.41, 5.74) is 3.16. The summed E-state index contributed by atoms with van der Waals surface area (Å²) < 4.78 is 0. The third kappa shape index (κ3) is 5.41. The molecule has 0 heteroatoms. The van der Waals surface area contributed by atoms with Gasteiger partial charge >= 0.3 is 0 Å². The van der Waals surface area contributed by atoms with E-state index in [1.807, 2.05) is 0 Å². The fourth-order valence-electron chi connectivity index (χ4n) is 5.29. The third-order valence-electron chi connectivity index (χ3n) is 6.98. The fraction of sp³-hybridized carbons (Fsp3) is 0.517. The molecular formula is C29H38. The van der Waals surface area contributed by atoms with Crippen LogP contribution in [0.25, 0.3) is 21.5 Å². The van der Waals surface area contributed by atoms with Crippen LogP contribution in [-0.2, 0) is 12.8 Å². The van der Waals surface area contributed by atoms with Crippen molar-refractivity contribution in [2.24, 2.45) is 0 Å². The van der Waals surface area contributed by atoms with Gasteiger partial charge in [-0.25, -0.2) is 0 Å². The minimum absolute atomic E-state index is 1.22. The molecule has 1 aliphatic rings. The number of hydrogen-bond acceptors (Lipinski definition) is 0. The Balaban J connectivity index is 1.62. The summed E-state index contributed by atoms with van der Waals surface area (Å²) in [5, 5.41) is 5.93. The predicted molar refractivity (Wildman–Crippen MR) is 129 cm³/mol. The lowest BCUT2D eigenvalue weighted by Crippen LogP contribution is -1.95. The van der Waals surface area contributed by atoms with Crippen molar-refractivity contribution in [3.05, 3.63) is 59.7 Å². The van der Waals surface area contributed by atoms with Crippen molar-refractivity contribution >= 4 is 21.5 Å². The number of aryl methyl sites for hydroxylation is 2. The highest BCUT2D eigenvalue weighted by Gasteiger charge is 2.10. The number of benzene rings is 3. The molecule has 3 aromatic carbocycles. The van der Waals surface area contributed by atoms with Crippen LogP contribution in [0.3, 0.4) is 0 Å². The molecule has 0 aromatic heterocycles. The molecule has 0 N–H and O–H groups in total. The van der Waals surface area contributed by atoms with Crippen LogP contribution in [0.5, 0.6) is 0 Å². The molecule has 0 fully saturated rings. The lowest BCUT2D eigenvalue weighted by molar-refractivity contribution is 0.537. The number of hydrogen-bond donors (Lipinski definition) is 0. The summed E-state index contributed by atoms with van der Waals surface area (Å²) in [7, 11) is 0. The van der Waals surface area contributed by atoms with Crippen LogP contribution in [0, 0.1) is 0 Å². The summed E-state index contributed by atoms with van der Waals surface area (Å²) in [5.74, 6) is 0. The molecule has 4 rings (SSSR count). The molecule has 0 amide bonds. The normalized spacial score (nSPS) is 18.3. The van der Waals surface area contributed by atoms with Gasteiger partial charge in [-0.2, -0.15) is 0 Å². The van der Waals surface area contributed by atoms with Crippen LogP contribution in [0.1, 0.15) is 94.6 Å². The maximum Gasteiger partial charge on any atom is -0.0143 e. The summed E-state index contributed by atoms with van der Waals surface area (Å²) >= 11 is 0. The molecule has 0 atom stereocenters. The van der Waals surface area contributed by atoms with Crippen molar-refractivity contribution in [2.45, 2.75) is 96.3 Å². The minimum atomic E-state index is 1.22. The Kier molecular flexibility index (Phi) is 7.63. The molecule has 29 heavy (non-hydrogen) atoms. The van der Waals surface area contributed by atoms with Crippen LogP contribution in [0.15, 0.2) is 48.5 Å². The monoisotopic (exact) mass is 386 g/mol. The van der Waals surface area contributed by atoms with Gasteiger partial charge in [0, 0.05) is 0 Å². The van der Waals surface area contributed by atoms with Crippen molar-refractivity contribution in [1.29, 1.82) is 0 Å². The fourth-order valence-corrected chi connectivity index (χ4v) is 5.29. The first-order chi connectivity index (χ1) is 14.4. The van der Waals surface area contributed by atoms with Crippen molar-refractivity contribution in [1.82, 2.24) is 0 Å². The standard InChI is InChI=1S/C29H38/c1-2-4-6-8-10-12-17-24-19-16-22-28-27(21-13-11-9-7-5-3-1)26-20-15-14-18-25(26)23-29(24)28/h14-16,18-20,22-23H,1-13,17,21H2. The predicted octanol–water partition coefficient (Wildman–Crippen LogP) is 9.16. The second-order valence-electron chi connectivity index (χ2n) is 9.18. The van der Waals surface area contributed by atoms with E-state index < -0.39 is 0 Å². The van der Waals surface area contributed by atoms with Gasteiger partial charge in [-0.3, -0.25) is 0 Å². The molecule has 0 saturated heterocycles. The molecule has 1 aliphatic carbocycles. The number of fused-ring (bicyclic) bond motifs is 2. The zero-order valence-electron chi connectivity index (χ0n) is 18.2. The molecule has 0 nitrogen and oxygen atoms in total. The summed E-state index contributed by atoms with van der Waals surface area (Å²) in [6.07, 6.45) is 20.8. The average Bonchev–Trinajstić information content (AvgIpc) is 2.75. The molecule has 3 aromatic rings. The maximum atomic E-state index is 2.46. The van der Waals surface area contributed by atoms with Crippen molar-refractivity contribution in [2.75, 3.05) is 0 Å². The van der Waals surface area contributed by atoms with Gasteiger partial charge in [-0.1, -0.05) is 113 Å². The Labute approximate surface area is 177 Å². The van der Waals surface area contributed by atoms with Gasteiger partial charge in [0.1, 0.15) is 0 Å². The van der Waals surface area contributed by atoms with Crippen LogP contribution in [0.4, 0.5) is 0 Å². The topological polar surface area (TPSA) is 0 Å². The Morgan fingerprint density at radius 1 is 0.414 bits per heavy atom. The zero-order chi connectivity index (χ0) is 19.7. The second-order valence-corrected chi connectivity index (χ2v) is 9.18. The quantitative estimate of drug-likeness (QED) is 0.338. The summed E-state index contributed by atoms with van der Waals surface area (Å²) in [4.78, 5) is 0. The lowest BCUT2D eigenvalue weighted by Gasteiger charge is -2.15. The van der Waals surface area contributed by atoms with Gasteiger partial charge in [0.25, 0.3) is 0 Å². The van der Waals surface area contributed by atoms with Crippen LogP contribution in [-0.4, -0.2) is 0 Å². The first-order valence-electron chi connectivity index (χ1n) is 12.4. The molecule has 0 aliphatic heterocycles. The van der Waals surface area contributed by atoms with E-state index in [9.17, 15) is 0 Å². The van der Waals surface area contributed by atoms with Crippen LogP contribution in [0.2, 0.25) is 0 Å². The van der Waals surface area contributed by atoms with Crippen molar-refractivity contribution in [3.8, 4) is 0 Å². The molecule has 0 radical (unpaired) electrons. The van der Waals surface area contributed by atoms with Gasteiger partial charge in [0.05, 0.1) is 0 Å². The Morgan fingerprint density at radius 2 is 0.966 bits per heavy atom. The van der Waals surface area contributed by atoms with E-state index in [1.54, 1.807) is 11.1 Å². The van der Waals surface area contributed by atoms with Gasteiger partial charge in [0.15, 0.2) is 0 Å². The molecule has 0 spiro atoms. The molecule has 0 heterocycles. The maximum absolute atomic E-state index is 2.46. The third-order valence-corrected chi connectivity index (χ3v) is 6.98. The van der Waals surface area contributed by atoms with E-state index in [1.165, 1.54) is 118 Å². The van der Waals surface area contributed by atoms with E-state index in [-0.39, 0.29) is 0 Å². The van der Waals surface area contributed by atoms with E-state index in [4.69, 9.17) is 0 Å². The highest BCUT2D eigenvalue weighted by atomic mass is 14.1. The lowest BCUT2D eigenvalue weighted by atomic mass is 9.90. The first-order valence-corrected chi connectivity index (χ1v) is 12.4. The zero-order valence-corrected chi connectivity index (χ0v) is 18.2. The first kappa shape index (κ1) is 20.5. The molecule has 4 bridgehead atoms. The van der Waals surface area contributed by atoms with E-state index in [2.05, 4.69) is 48.5 Å².